The van der Waals surface area contributed by atoms with Crippen LogP contribution in [-0.2, 0) is 6.42 Å². The van der Waals surface area contributed by atoms with Gasteiger partial charge in [0.15, 0.2) is 0 Å². The molecule has 102 valence electrons. The van der Waals surface area contributed by atoms with Gasteiger partial charge in [-0.1, -0.05) is 24.3 Å². The molecule has 0 aromatic heterocycles. The predicted octanol–water partition coefficient (Wildman–Crippen LogP) is 1.39. The molecule has 2 saturated heterocycles. The number of nitrogens with two attached hydrogens (primary N) is 1. The van der Waals surface area contributed by atoms with Crippen molar-refractivity contribution in [2.24, 2.45) is 5.73 Å². The van der Waals surface area contributed by atoms with Gasteiger partial charge in [-0.3, -0.25) is 9.80 Å². The molecule has 19 heavy (non-hydrogen) atoms. The molecule has 3 atom stereocenters. The zero-order valence-electron chi connectivity index (χ0n) is 11.5. The van der Waals surface area contributed by atoms with Gasteiger partial charge < -0.3 is 5.73 Å². The van der Waals surface area contributed by atoms with Gasteiger partial charge >= 0.3 is 0 Å². The predicted molar refractivity (Wildman–Crippen MR) is 77.0 cm³/mol. The number of benzene rings is 1. The summed E-state index contributed by atoms with van der Waals surface area (Å²) in [5.74, 6) is 0. The molecule has 1 aliphatic carbocycles. The van der Waals surface area contributed by atoms with Gasteiger partial charge in [-0.15, -0.1) is 0 Å². The Morgan fingerprint density at radius 3 is 2.79 bits per heavy atom. The molecular weight excluding hydrogens is 234 g/mol. The molecule has 2 N–H and O–H groups in total. The molecule has 3 heteroatoms. The van der Waals surface area contributed by atoms with Gasteiger partial charge in [-0.05, 0) is 36.9 Å². The third-order valence-electron chi connectivity index (χ3n) is 5.35. The van der Waals surface area contributed by atoms with E-state index in [-0.39, 0.29) is 6.04 Å². The molecule has 1 aromatic carbocycles. The van der Waals surface area contributed by atoms with Crippen molar-refractivity contribution in [2.75, 3.05) is 26.2 Å². The lowest BCUT2D eigenvalue weighted by atomic mass is 10.0. The molecule has 3 nitrogen and oxygen atoms in total. The summed E-state index contributed by atoms with van der Waals surface area (Å²) in [4.78, 5) is 5.33. The maximum Gasteiger partial charge on any atom is 0.0459 e. The summed E-state index contributed by atoms with van der Waals surface area (Å²) >= 11 is 0. The maximum absolute atomic E-state index is 6.50. The second-order valence-electron chi connectivity index (χ2n) is 6.32. The van der Waals surface area contributed by atoms with E-state index in [9.17, 15) is 0 Å². The Labute approximate surface area is 115 Å². The van der Waals surface area contributed by atoms with E-state index in [1.807, 2.05) is 0 Å². The minimum absolute atomic E-state index is 0.212. The Kier molecular flexibility index (Phi) is 2.87. The summed E-state index contributed by atoms with van der Waals surface area (Å²) in [6, 6.07) is 10.3. The van der Waals surface area contributed by atoms with Crippen LogP contribution in [0.4, 0.5) is 0 Å². The fourth-order valence-corrected chi connectivity index (χ4v) is 4.28. The summed E-state index contributed by atoms with van der Waals surface area (Å²) in [6.07, 6.45) is 3.91. The Balaban J connectivity index is 1.52. The number of piperazine rings is 1. The van der Waals surface area contributed by atoms with Crippen molar-refractivity contribution in [1.29, 1.82) is 0 Å². The minimum atomic E-state index is 0.212. The van der Waals surface area contributed by atoms with Crippen molar-refractivity contribution in [2.45, 2.75) is 37.4 Å². The summed E-state index contributed by atoms with van der Waals surface area (Å²) in [7, 11) is 0. The van der Waals surface area contributed by atoms with Crippen molar-refractivity contribution in [3.05, 3.63) is 35.4 Å². The number of nitrogens with zero attached hydrogens (tertiary/aromatic N) is 2. The number of rotatable bonds is 1. The highest BCUT2D eigenvalue weighted by atomic mass is 15.3. The molecule has 2 aliphatic heterocycles. The number of hydrogen-bond donors (Lipinski definition) is 1. The van der Waals surface area contributed by atoms with Gasteiger partial charge in [-0.2, -0.15) is 0 Å². The molecule has 0 spiro atoms. The van der Waals surface area contributed by atoms with E-state index >= 15 is 0 Å². The molecule has 3 unspecified atom stereocenters. The Hall–Kier alpha value is -0.900. The molecule has 1 aromatic rings. The molecule has 4 rings (SSSR count). The normalized spacial score (nSPS) is 35.3. The van der Waals surface area contributed by atoms with Gasteiger partial charge in [-0.25, -0.2) is 0 Å². The van der Waals surface area contributed by atoms with Gasteiger partial charge in [0.2, 0.25) is 0 Å². The number of fused-ring (bicyclic) bond motifs is 2. The van der Waals surface area contributed by atoms with Crippen molar-refractivity contribution in [3.8, 4) is 0 Å². The van der Waals surface area contributed by atoms with Crippen molar-refractivity contribution < 1.29 is 0 Å². The summed E-state index contributed by atoms with van der Waals surface area (Å²) in [6.45, 7) is 4.98. The third kappa shape index (κ3) is 1.92. The van der Waals surface area contributed by atoms with Crippen LogP contribution in [0.15, 0.2) is 24.3 Å². The molecule has 0 amide bonds. The molecule has 0 saturated carbocycles. The topological polar surface area (TPSA) is 32.5 Å². The largest absolute Gasteiger partial charge is 0.323 e. The standard InChI is InChI=1S/C16H23N3/c17-16-14-6-2-1-4-12(14)10-15(16)19-9-8-18-7-3-5-13(18)11-19/h1-2,4,6,13,15-16H,3,5,7-11,17H2. The van der Waals surface area contributed by atoms with Crippen molar-refractivity contribution in [3.63, 3.8) is 0 Å². The van der Waals surface area contributed by atoms with Gasteiger partial charge in [0.05, 0.1) is 0 Å². The highest BCUT2D eigenvalue weighted by molar-refractivity contribution is 5.37. The van der Waals surface area contributed by atoms with Gasteiger partial charge in [0.1, 0.15) is 0 Å². The van der Waals surface area contributed by atoms with Crippen LogP contribution < -0.4 is 5.73 Å². The second-order valence-corrected chi connectivity index (χ2v) is 6.32. The third-order valence-corrected chi connectivity index (χ3v) is 5.35. The van der Waals surface area contributed by atoms with Crippen LogP contribution in [-0.4, -0.2) is 48.1 Å². The van der Waals surface area contributed by atoms with E-state index in [4.69, 9.17) is 5.73 Å². The minimum Gasteiger partial charge on any atom is -0.323 e. The quantitative estimate of drug-likeness (QED) is 0.825. The highest BCUT2D eigenvalue weighted by Crippen LogP contribution is 2.34. The maximum atomic E-state index is 6.50. The first-order chi connectivity index (χ1) is 9.33. The average Bonchev–Trinajstić information content (AvgIpc) is 3.03. The molecular formula is C16H23N3. The Morgan fingerprint density at radius 1 is 1.05 bits per heavy atom. The van der Waals surface area contributed by atoms with E-state index in [2.05, 4.69) is 34.1 Å². The highest BCUT2D eigenvalue weighted by Gasteiger charge is 2.38. The van der Waals surface area contributed by atoms with Crippen LogP contribution >= 0.6 is 0 Å². The van der Waals surface area contributed by atoms with Crippen LogP contribution in [0.5, 0.6) is 0 Å². The van der Waals surface area contributed by atoms with Gasteiger partial charge in [0, 0.05) is 37.8 Å². The van der Waals surface area contributed by atoms with Gasteiger partial charge in [0.25, 0.3) is 0 Å². The molecule has 0 bridgehead atoms. The average molecular weight is 257 g/mol. The molecule has 2 heterocycles. The van der Waals surface area contributed by atoms with E-state index in [0.29, 0.717) is 6.04 Å². The van der Waals surface area contributed by atoms with Crippen LogP contribution in [0.2, 0.25) is 0 Å². The lowest BCUT2D eigenvalue weighted by Crippen LogP contribution is -2.55. The van der Waals surface area contributed by atoms with E-state index < -0.39 is 0 Å². The summed E-state index contributed by atoms with van der Waals surface area (Å²) in [5.41, 5.74) is 9.35. The van der Waals surface area contributed by atoms with E-state index in [0.717, 1.165) is 12.5 Å². The van der Waals surface area contributed by atoms with Crippen LogP contribution in [0.3, 0.4) is 0 Å². The fourth-order valence-electron chi connectivity index (χ4n) is 4.28. The summed E-state index contributed by atoms with van der Waals surface area (Å²) < 4.78 is 0. The summed E-state index contributed by atoms with van der Waals surface area (Å²) in [5, 5.41) is 0. The lowest BCUT2D eigenvalue weighted by molar-refractivity contribution is 0.0660. The van der Waals surface area contributed by atoms with Crippen molar-refractivity contribution >= 4 is 0 Å². The number of hydrogen-bond acceptors (Lipinski definition) is 3. The SMILES string of the molecule is NC1c2ccccc2CC1N1CCN2CCCC2C1. The van der Waals surface area contributed by atoms with Crippen LogP contribution in [0.1, 0.15) is 30.0 Å². The van der Waals surface area contributed by atoms with Crippen LogP contribution in [0, 0.1) is 0 Å². The molecule has 3 aliphatic rings. The zero-order chi connectivity index (χ0) is 12.8. The zero-order valence-corrected chi connectivity index (χ0v) is 11.5. The molecule has 2 fully saturated rings. The smallest absolute Gasteiger partial charge is 0.0459 e. The second kappa shape index (κ2) is 4.58. The monoisotopic (exact) mass is 257 g/mol. The molecule has 0 radical (unpaired) electrons. The Bertz CT molecular complexity index is 473. The first kappa shape index (κ1) is 11.9. The lowest BCUT2D eigenvalue weighted by Gasteiger charge is -2.41. The van der Waals surface area contributed by atoms with Crippen LogP contribution in [0.25, 0.3) is 0 Å². The first-order valence-corrected chi connectivity index (χ1v) is 7.64. The van der Waals surface area contributed by atoms with E-state index in [1.54, 1.807) is 0 Å². The van der Waals surface area contributed by atoms with Crippen molar-refractivity contribution in [1.82, 2.24) is 9.80 Å². The first-order valence-electron chi connectivity index (χ1n) is 7.64. The Morgan fingerprint density at radius 2 is 1.89 bits per heavy atom. The van der Waals surface area contributed by atoms with E-state index in [1.165, 1.54) is 50.1 Å². The fraction of sp³-hybridized carbons (Fsp3) is 0.625.